The van der Waals surface area contributed by atoms with Gasteiger partial charge in [0.15, 0.2) is 11.5 Å². The molecular formula is C22H30N2O5. The molecule has 7 heteroatoms. The highest BCUT2D eigenvalue weighted by Gasteiger charge is 2.51. The van der Waals surface area contributed by atoms with Gasteiger partial charge in [-0.15, -0.1) is 0 Å². The number of carbonyl (C=O) groups is 2. The largest absolute Gasteiger partial charge is 0.493 e. The summed E-state index contributed by atoms with van der Waals surface area (Å²) in [5, 5.41) is 0. The lowest BCUT2D eigenvalue weighted by molar-refractivity contribution is -0.130. The Hall–Kier alpha value is -2.44. The second-order valence-corrected chi connectivity index (χ2v) is 8.98. The molecule has 4 aliphatic carbocycles. The molecule has 7 nitrogen and oxygen atoms in total. The van der Waals surface area contributed by atoms with Crippen molar-refractivity contribution in [3.8, 4) is 17.2 Å². The molecule has 4 fully saturated rings. The van der Waals surface area contributed by atoms with E-state index in [0.717, 1.165) is 37.0 Å². The fourth-order valence-corrected chi connectivity index (χ4v) is 6.37. The fourth-order valence-electron chi connectivity index (χ4n) is 6.37. The lowest BCUT2D eigenvalue weighted by atomic mass is 9.49. The van der Waals surface area contributed by atoms with Gasteiger partial charge in [0.1, 0.15) is 0 Å². The van der Waals surface area contributed by atoms with Crippen molar-refractivity contribution in [1.82, 2.24) is 10.9 Å². The van der Waals surface area contributed by atoms with E-state index in [1.165, 1.54) is 40.6 Å². The Bertz CT molecular complexity index is 771. The highest BCUT2D eigenvalue weighted by atomic mass is 16.5. The molecule has 0 radical (unpaired) electrons. The summed E-state index contributed by atoms with van der Waals surface area (Å²) in [6.07, 6.45) is 7.99. The van der Waals surface area contributed by atoms with Crippen molar-refractivity contribution in [2.75, 3.05) is 21.3 Å². The molecule has 0 aliphatic heterocycles. The highest BCUT2D eigenvalue weighted by molar-refractivity contribution is 5.99. The smallest absolute Gasteiger partial charge is 0.273 e. The van der Waals surface area contributed by atoms with Gasteiger partial charge in [0.25, 0.3) is 5.91 Å². The summed E-state index contributed by atoms with van der Waals surface area (Å²) in [6, 6.07) is 3.22. The molecule has 0 unspecified atom stereocenters. The first-order valence-corrected chi connectivity index (χ1v) is 10.3. The molecule has 1 aromatic carbocycles. The van der Waals surface area contributed by atoms with Crippen LogP contribution in [0.15, 0.2) is 12.1 Å². The van der Waals surface area contributed by atoms with E-state index in [1.807, 2.05) is 0 Å². The Balaban J connectivity index is 1.39. The summed E-state index contributed by atoms with van der Waals surface area (Å²) in [5.74, 6) is 2.86. The Kier molecular flexibility index (Phi) is 5.32. The van der Waals surface area contributed by atoms with Crippen LogP contribution in [-0.4, -0.2) is 33.1 Å². The number of ether oxygens (including phenoxy) is 3. The number of hydrogen-bond acceptors (Lipinski definition) is 5. The van der Waals surface area contributed by atoms with Crippen molar-refractivity contribution in [2.45, 2.75) is 44.9 Å². The fraction of sp³-hybridized carbons (Fsp3) is 0.636. The van der Waals surface area contributed by atoms with Crippen LogP contribution in [0.4, 0.5) is 0 Å². The second-order valence-electron chi connectivity index (χ2n) is 8.98. The number of nitrogens with one attached hydrogen (secondary N) is 2. The van der Waals surface area contributed by atoms with E-state index in [9.17, 15) is 9.59 Å². The molecule has 0 saturated heterocycles. The molecule has 29 heavy (non-hydrogen) atoms. The van der Waals surface area contributed by atoms with Crippen LogP contribution in [0.1, 0.15) is 55.3 Å². The summed E-state index contributed by atoms with van der Waals surface area (Å²) in [5.41, 5.74) is 5.53. The van der Waals surface area contributed by atoms with Gasteiger partial charge in [0, 0.05) is 6.42 Å². The molecule has 4 bridgehead atoms. The Morgan fingerprint density at radius 2 is 1.48 bits per heavy atom. The normalized spacial score (nSPS) is 29.3. The topological polar surface area (TPSA) is 85.9 Å². The van der Waals surface area contributed by atoms with Crippen LogP contribution in [0, 0.1) is 23.2 Å². The minimum absolute atomic E-state index is 0.125. The maximum atomic E-state index is 12.7. The monoisotopic (exact) mass is 402 g/mol. The predicted octanol–water partition coefficient (Wildman–Crippen LogP) is 3.08. The van der Waals surface area contributed by atoms with Crippen LogP contribution in [-0.2, 0) is 4.79 Å². The van der Waals surface area contributed by atoms with E-state index in [0.29, 0.717) is 17.9 Å². The zero-order chi connectivity index (χ0) is 20.6. The molecule has 0 spiro atoms. The van der Waals surface area contributed by atoms with Gasteiger partial charge >= 0.3 is 0 Å². The maximum Gasteiger partial charge on any atom is 0.273 e. The average Bonchev–Trinajstić information content (AvgIpc) is 2.69. The third kappa shape index (κ3) is 3.74. The minimum Gasteiger partial charge on any atom is -0.493 e. The maximum absolute atomic E-state index is 12.7. The number of amides is 2. The summed E-state index contributed by atoms with van der Waals surface area (Å²) in [7, 11) is 4.46. The van der Waals surface area contributed by atoms with Crippen molar-refractivity contribution in [3.63, 3.8) is 0 Å². The van der Waals surface area contributed by atoms with E-state index in [4.69, 9.17) is 14.2 Å². The number of hydrogen-bond donors (Lipinski definition) is 2. The first kappa shape index (κ1) is 19.9. The SMILES string of the molecule is COc1ccc(C(=O)NNC(=O)CC23CC4CC(CC(C4)C2)C3)c(OC)c1OC. The molecule has 5 rings (SSSR count). The van der Waals surface area contributed by atoms with Crippen molar-refractivity contribution < 1.29 is 23.8 Å². The van der Waals surface area contributed by atoms with Crippen molar-refractivity contribution in [3.05, 3.63) is 17.7 Å². The van der Waals surface area contributed by atoms with Crippen LogP contribution in [0.3, 0.4) is 0 Å². The Morgan fingerprint density at radius 1 is 0.897 bits per heavy atom. The zero-order valence-corrected chi connectivity index (χ0v) is 17.4. The number of rotatable bonds is 6. The van der Waals surface area contributed by atoms with Gasteiger partial charge in [-0.3, -0.25) is 20.4 Å². The van der Waals surface area contributed by atoms with Gasteiger partial charge < -0.3 is 14.2 Å². The minimum atomic E-state index is -0.457. The van der Waals surface area contributed by atoms with Crippen LogP contribution < -0.4 is 25.1 Å². The average molecular weight is 402 g/mol. The van der Waals surface area contributed by atoms with Crippen LogP contribution in [0.5, 0.6) is 17.2 Å². The van der Waals surface area contributed by atoms with Gasteiger partial charge in [-0.2, -0.15) is 0 Å². The van der Waals surface area contributed by atoms with Gasteiger partial charge in [-0.1, -0.05) is 0 Å². The van der Waals surface area contributed by atoms with Crippen molar-refractivity contribution in [1.29, 1.82) is 0 Å². The molecule has 0 heterocycles. The summed E-state index contributed by atoms with van der Waals surface area (Å²) < 4.78 is 15.9. The third-order valence-corrected chi connectivity index (χ3v) is 6.96. The van der Waals surface area contributed by atoms with Crippen LogP contribution in [0.2, 0.25) is 0 Å². The summed E-state index contributed by atoms with van der Waals surface area (Å²) in [4.78, 5) is 25.3. The highest BCUT2D eigenvalue weighted by Crippen LogP contribution is 2.61. The molecule has 2 amide bonds. The van der Waals surface area contributed by atoms with Gasteiger partial charge in [-0.05, 0) is 73.8 Å². The van der Waals surface area contributed by atoms with E-state index in [2.05, 4.69) is 10.9 Å². The van der Waals surface area contributed by atoms with E-state index < -0.39 is 5.91 Å². The molecule has 4 saturated carbocycles. The van der Waals surface area contributed by atoms with Gasteiger partial charge in [0.05, 0.1) is 26.9 Å². The third-order valence-electron chi connectivity index (χ3n) is 6.96. The Morgan fingerprint density at radius 3 is 2.00 bits per heavy atom. The first-order valence-electron chi connectivity index (χ1n) is 10.3. The van der Waals surface area contributed by atoms with Crippen LogP contribution >= 0.6 is 0 Å². The second kappa shape index (κ2) is 7.76. The molecule has 1 aromatic rings. The standard InChI is InChI=1S/C22H30N2O5/c1-27-17-5-4-16(19(28-2)20(17)29-3)21(26)24-23-18(25)12-22-9-13-6-14(10-22)8-15(7-13)11-22/h4-5,13-15H,6-12H2,1-3H3,(H,23,25)(H,24,26). The lowest BCUT2D eigenvalue weighted by Gasteiger charge is -2.56. The number of benzene rings is 1. The van der Waals surface area contributed by atoms with Gasteiger partial charge in [0.2, 0.25) is 11.7 Å². The summed E-state index contributed by atoms with van der Waals surface area (Å²) >= 11 is 0. The lowest BCUT2D eigenvalue weighted by Crippen LogP contribution is -2.50. The quantitative estimate of drug-likeness (QED) is 0.714. The molecule has 2 N–H and O–H groups in total. The van der Waals surface area contributed by atoms with E-state index >= 15 is 0 Å². The molecule has 0 atom stereocenters. The Labute approximate surface area is 171 Å². The van der Waals surface area contributed by atoms with Crippen molar-refractivity contribution >= 4 is 11.8 Å². The predicted molar refractivity (Wildman–Crippen MR) is 107 cm³/mol. The number of methoxy groups -OCH3 is 3. The number of hydrazine groups is 1. The molecule has 0 aromatic heterocycles. The molecule has 4 aliphatic rings. The van der Waals surface area contributed by atoms with Crippen LogP contribution in [0.25, 0.3) is 0 Å². The number of carbonyl (C=O) groups excluding carboxylic acids is 2. The molecular weight excluding hydrogens is 372 g/mol. The van der Waals surface area contributed by atoms with Gasteiger partial charge in [-0.25, -0.2) is 0 Å². The van der Waals surface area contributed by atoms with Crippen molar-refractivity contribution in [2.24, 2.45) is 23.2 Å². The van der Waals surface area contributed by atoms with E-state index in [-0.39, 0.29) is 22.6 Å². The first-order chi connectivity index (χ1) is 14.0. The molecule has 158 valence electrons. The summed E-state index contributed by atoms with van der Waals surface area (Å²) in [6.45, 7) is 0. The van der Waals surface area contributed by atoms with E-state index in [1.54, 1.807) is 12.1 Å². The zero-order valence-electron chi connectivity index (χ0n) is 17.4.